The molecule has 1 N–H and O–H groups in total. The van der Waals surface area contributed by atoms with Crippen LogP contribution in [0.5, 0.6) is 0 Å². The van der Waals surface area contributed by atoms with Gasteiger partial charge in [0.25, 0.3) is 17.2 Å². The zero-order valence-corrected chi connectivity index (χ0v) is 14.7. The van der Waals surface area contributed by atoms with Crippen LogP contribution in [0.4, 0.5) is 5.69 Å². The normalized spacial score (nSPS) is 11.0. The highest BCUT2D eigenvalue weighted by molar-refractivity contribution is 6.32. The second kappa shape index (κ2) is 7.34. The molecule has 1 amide bonds. The SMILES string of the molecule is Cc1ccc2nc(Cl)c(/C=N/NC(=O)c3cccc([N+](=O)[O-])c3)c(=O)n2c1. The molecular formula is C17H12ClN5O4. The van der Waals surface area contributed by atoms with E-state index in [4.69, 9.17) is 11.6 Å². The number of benzene rings is 1. The Bertz CT molecular complexity index is 1160. The van der Waals surface area contributed by atoms with Crippen LogP contribution < -0.4 is 11.0 Å². The number of hydrogen-bond acceptors (Lipinski definition) is 6. The molecule has 3 rings (SSSR count). The van der Waals surface area contributed by atoms with Crippen molar-refractivity contribution in [2.24, 2.45) is 5.10 Å². The van der Waals surface area contributed by atoms with Gasteiger partial charge in [0.1, 0.15) is 10.8 Å². The molecule has 3 aromatic rings. The highest BCUT2D eigenvalue weighted by Gasteiger charge is 2.12. The van der Waals surface area contributed by atoms with E-state index in [0.717, 1.165) is 17.8 Å². The number of aromatic nitrogens is 2. The number of pyridine rings is 1. The molecule has 2 aromatic heterocycles. The van der Waals surface area contributed by atoms with E-state index in [1.54, 1.807) is 18.3 Å². The lowest BCUT2D eigenvalue weighted by Crippen LogP contribution is -2.22. The molecule has 2 heterocycles. The molecule has 0 atom stereocenters. The maximum Gasteiger partial charge on any atom is 0.271 e. The van der Waals surface area contributed by atoms with Crippen molar-refractivity contribution in [3.63, 3.8) is 0 Å². The van der Waals surface area contributed by atoms with Crippen molar-refractivity contribution in [1.82, 2.24) is 14.8 Å². The molecule has 0 aliphatic rings. The molecule has 0 fully saturated rings. The van der Waals surface area contributed by atoms with E-state index in [0.29, 0.717) is 5.65 Å². The third-order valence-electron chi connectivity index (χ3n) is 3.64. The third kappa shape index (κ3) is 3.82. The van der Waals surface area contributed by atoms with Crippen LogP contribution in [0.15, 0.2) is 52.5 Å². The average molecular weight is 386 g/mol. The summed E-state index contributed by atoms with van der Waals surface area (Å²) in [6, 6.07) is 8.63. The Hall–Kier alpha value is -3.59. The Kier molecular flexibility index (Phi) is 4.95. The zero-order valence-electron chi connectivity index (χ0n) is 13.9. The number of carbonyl (C=O) groups excluding carboxylic acids is 1. The van der Waals surface area contributed by atoms with Crippen LogP contribution in [0.1, 0.15) is 21.5 Å². The molecule has 0 unspecified atom stereocenters. The lowest BCUT2D eigenvalue weighted by Gasteiger charge is -2.04. The van der Waals surface area contributed by atoms with E-state index in [9.17, 15) is 19.7 Å². The number of hydrogen-bond donors (Lipinski definition) is 1. The average Bonchev–Trinajstić information content (AvgIpc) is 2.65. The van der Waals surface area contributed by atoms with E-state index >= 15 is 0 Å². The Morgan fingerprint density at radius 3 is 2.89 bits per heavy atom. The fourth-order valence-electron chi connectivity index (χ4n) is 2.32. The molecule has 136 valence electrons. The van der Waals surface area contributed by atoms with Gasteiger partial charge in [0.2, 0.25) is 0 Å². The van der Waals surface area contributed by atoms with Gasteiger partial charge in [-0.2, -0.15) is 5.10 Å². The van der Waals surface area contributed by atoms with Crippen molar-refractivity contribution in [3.8, 4) is 0 Å². The molecule has 0 bridgehead atoms. The first-order valence-electron chi connectivity index (χ1n) is 7.63. The second-order valence-corrected chi connectivity index (χ2v) is 5.92. The number of rotatable bonds is 4. The summed E-state index contributed by atoms with van der Waals surface area (Å²) in [5.41, 5.74) is 2.83. The quantitative estimate of drug-likeness (QED) is 0.320. The number of fused-ring (bicyclic) bond motifs is 1. The van der Waals surface area contributed by atoms with Gasteiger partial charge < -0.3 is 0 Å². The third-order valence-corrected chi connectivity index (χ3v) is 3.93. The topological polar surface area (TPSA) is 119 Å². The molecule has 0 aliphatic carbocycles. The molecule has 0 spiro atoms. The van der Waals surface area contributed by atoms with E-state index < -0.39 is 16.4 Å². The van der Waals surface area contributed by atoms with E-state index in [1.807, 2.05) is 6.92 Å². The lowest BCUT2D eigenvalue weighted by atomic mass is 10.2. The van der Waals surface area contributed by atoms with Crippen LogP contribution in [0.25, 0.3) is 5.65 Å². The summed E-state index contributed by atoms with van der Waals surface area (Å²) in [4.78, 5) is 38.9. The van der Waals surface area contributed by atoms with Gasteiger partial charge in [0, 0.05) is 23.9 Å². The minimum absolute atomic E-state index is 0.000825. The number of nitrogens with one attached hydrogen (secondary N) is 1. The predicted molar refractivity (Wildman–Crippen MR) is 99.4 cm³/mol. The van der Waals surface area contributed by atoms with Gasteiger partial charge in [0.05, 0.1) is 16.7 Å². The smallest absolute Gasteiger partial charge is 0.268 e. The number of amides is 1. The van der Waals surface area contributed by atoms with Crippen molar-refractivity contribution in [2.45, 2.75) is 6.92 Å². The Morgan fingerprint density at radius 2 is 2.15 bits per heavy atom. The molecule has 10 heteroatoms. The molecule has 0 saturated carbocycles. The first kappa shape index (κ1) is 18.2. The van der Waals surface area contributed by atoms with Gasteiger partial charge in [-0.3, -0.25) is 24.1 Å². The van der Waals surface area contributed by atoms with Crippen LogP contribution in [-0.4, -0.2) is 26.4 Å². The monoisotopic (exact) mass is 385 g/mol. The standard InChI is InChI=1S/C17H12ClN5O4/c1-10-5-6-14-20-15(18)13(17(25)22(14)9-10)8-19-21-16(24)11-3-2-4-12(7-11)23(26)27/h2-9H,1H3,(H,21,24)/b19-8+. The number of non-ortho nitro benzene ring substituents is 1. The number of nitro groups is 1. The van der Waals surface area contributed by atoms with E-state index in [2.05, 4.69) is 15.5 Å². The molecule has 0 saturated heterocycles. The van der Waals surface area contributed by atoms with Gasteiger partial charge in [-0.25, -0.2) is 10.4 Å². The second-order valence-electron chi connectivity index (χ2n) is 5.56. The van der Waals surface area contributed by atoms with Crippen LogP contribution >= 0.6 is 11.6 Å². The maximum absolute atomic E-state index is 12.5. The number of nitrogens with zero attached hydrogens (tertiary/aromatic N) is 4. The number of carbonyl (C=O) groups is 1. The van der Waals surface area contributed by atoms with Crippen molar-refractivity contribution in [2.75, 3.05) is 0 Å². The first-order valence-corrected chi connectivity index (χ1v) is 8.01. The van der Waals surface area contributed by atoms with Crippen LogP contribution in [0.2, 0.25) is 5.15 Å². The summed E-state index contributed by atoms with van der Waals surface area (Å²) < 4.78 is 1.32. The zero-order chi connectivity index (χ0) is 19.6. The predicted octanol–water partition coefficient (Wildman–Crippen LogP) is 2.33. The summed E-state index contributed by atoms with van der Waals surface area (Å²) in [5, 5.41) is 14.4. The molecule has 27 heavy (non-hydrogen) atoms. The van der Waals surface area contributed by atoms with Gasteiger partial charge in [-0.15, -0.1) is 0 Å². The minimum atomic E-state index is -0.671. The Balaban J connectivity index is 1.86. The van der Waals surface area contributed by atoms with Crippen molar-refractivity contribution < 1.29 is 9.72 Å². The number of hydrazone groups is 1. The molecule has 0 radical (unpaired) electrons. The molecular weight excluding hydrogens is 374 g/mol. The van der Waals surface area contributed by atoms with Crippen molar-refractivity contribution in [1.29, 1.82) is 0 Å². The van der Waals surface area contributed by atoms with Crippen molar-refractivity contribution in [3.05, 3.63) is 84.9 Å². The summed E-state index contributed by atoms with van der Waals surface area (Å²) >= 11 is 6.03. The van der Waals surface area contributed by atoms with Crippen LogP contribution in [0.3, 0.4) is 0 Å². The highest BCUT2D eigenvalue weighted by Crippen LogP contribution is 2.13. The lowest BCUT2D eigenvalue weighted by molar-refractivity contribution is -0.384. The Labute approximate surface area is 157 Å². The highest BCUT2D eigenvalue weighted by atomic mass is 35.5. The number of nitro benzene ring substituents is 1. The minimum Gasteiger partial charge on any atom is -0.268 e. The maximum atomic E-state index is 12.5. The van der Waals surface area contributed by atoms with E-state index in [1.165, 1.54) is 22.6 Å². The summed E-state index contributed by atoms with van der Waals surface area (Å²) in [6.45, 7) is 1.83. The van der Waals surface area contributed by atoms with Gasteiger partial charge in [-0.1, -0.05) is 23.7 Å². The van der Waals surface area contributed by atoms with Gasteiger partial charge in [0.15, 0.2) is 0 Å². The van der Waals surface area contributed by atoms with E-state index in [-0.39, 0.29) is 22.0 Å². The number of aryl methyl sites for hydroxylation is 1. The molecule has 9 nitrogen and oxygen atoms in total. The fourth-order valence-corrected chi connectivity index (χ4v) is 2.54. The molecule has 0 aliphatic heterocycles. The molecule has 1 aromatic carbocycles. The number of halogens is 1. The fraction of sp³-hybridized carbons (Fsp3) is 0.0588. The first-order chi connectivity index (χ1) is 12.9. The summed E-state index contributed by atoms with van der Waals surface area (Å²) in [7, 11) is 0. The van der Waals surface area contributed by atoms with Gasteiger partial charge >= 0.3 is 0 Å². The Morgan fingerprint density at radius 1 is 1.37 bits per heavy atom. The largest absolute Gasteiger partial charge is 0.271 e. The van der Waals surface area contributed by atoms with Gasteiger partial charge in [-0.05, 0) is 24.6 Å². The summed E-state index contributed by atoms with van der Waals surface area (Å²) in [5.74, 6) is -0.671. The van der Waals surface area contributed by atoms with Crippen LogP contribution in [-0.2, 0) is 0 Å². The summed E-state index contributed by atoms with van der Waals surface area (Å²) in [6.07, 6.45) is 2.70. The van der Waals surface area contributed by atoms with Crippen LogP contribution in [0, 0.1) is 17.0 Å². The van der Waals surface area contributed by atoms with Crippen molar-refractivity contribution >= 4 is 35.1 Å².